The Morgan fingerprint density at radius 2 is 2.05 bits per heavy atom. The zero-order chi connectivity index (χ0) is 16.7. The molecule has 1 unspecified atom stereocenters. The summed E-state index contributed by atoms with van der Waals surface area (Å²) in [5.74, 6) is -1.53. The maximum absolute atomic E-state index is 14.1. The predicted octanol–water partition coefficient (Wildman–Crippen LogP) is 0.792. The van der Waals surface area contributed by atoms with Gasteiger partial charge in [-0.3, -0.25) is 0 Å². The summed E-state index contributed by atoms with van der Waals surface area (Å²) in [6.07, 6.45) is -1.98. The predicted molar refractivity (Wildman–Crippen MR) is 67.8 cm³/mol. The molecule has 0 bridgehead atoms. The molecule has 0 saturated carbocycles. The third kappa shape index (κ3) is 3.15. The number of ether oxygens (including phenoxy) is 1. The molecule has 0 aromatic carbocycles. The number of hydrogen-bond acceptors (Lipinski definition) is 7. The minimum Gasteiger partial charge on any atom is -0.413 e. The van der Waals surface area contributed by atoms with E-state index in [0.29, 0.717) is 0 Å². The highest BCUT2D eigenvalue weighted by atomic mass is 32.2. The van der Waals surface area contributed by atoms with Crippen LogP contribution >= 0.6 is 0 Å². The van der Waals surface area contributed by atoms with Crippen LogP contribution in [0, 0.1) is 0 Å². The Labute approximate surface area is 123 Å². The van der Waals surface area contributed by atoms with Crippen molar-refractivity contribution in [1.82, 2.24) is 15.0 Å². The summed E-state index contributed by atoms with van der Waals surface area (Å²) < 4.78 is 67.0. The normalized spacial score (nSPS) is 20.9. The van der Waals surface area contributed by atoms with Gasteiger partial charge in [0.05, 0.1) is 0 Å². The smallest absolute Gasteiger partial charge is 0.388 e. The van der Waals surface area contributed by atoms with Crippen LogP contribution in [-0.2, 0) is 27.5 Å². The first-order chi connectivity index (χ1) is 10.0. The summed E-state index contributed by atoms with van der Waals surface area (Å²) in [5.41, 5.74) is -1.80. The molecule has 0 radical (unpaired) electrons. The number of alkyl halides is 3. The second kappa shape index (κ2) is 5.41. The van der Waals surface area contributed by atoms with E-state index in [-0.39, 0.29) is 5.69 Å². The fourth-order valence-electron chi connectivity index (χ4n) is 1.72. The van der Waals surface area contributed by atoms with E-state index >= 15 is 0 Å². The Hall–Kier alpha value is -1.85. The number of rotatable bonds is 4. The highest BCUT2D eigenvalue weighted by Gasteiger charge is 2.47. The third-order valence-electron chi connectivity index (χ3n) is 2.79. The topological polar surface area (TPSA) is 95.7 Å². The molecule has 1 aromatic heterocycles. The maximum atomic E-state index is 14.1. The van der Waals surface area contributed by atoms with Crippen molar-refractivity contribution in [2.24, 2.45) is 12.2 Å². The molecule has 0 amide bonds. The number of nitrogens with zero attached hydrogens (tertiary/aromatic N) is 4. The van der Waals surface area contributed by atoms with Gasteiger partial charge in [0.25, 0.3) is 5.88 Å². The van der Waals surface area contributed by atoms with Gasteiger partial charge in [0, 0.05) is 7.05 Å². The second-order valence-corrected chi connectivity index (χ2v) is 7.00. The summed E-state index contributed by atoms with van der Waals surface area (Å²) in [6.45, 7) is -0.535. The van der Waals surface area contributed by atoms with Crippen molar-refractivity contribution in [3.8, 4) is 5.88 Å². The van der Waals surface area contributed by atoms with Gasteiger partial charge in [0.2, 0.25) is 14.9 Å². The van der Waals surface area contributed by atoms with Gasteiger partial charge in [-0.2, -0.15) is 18.7 Å². The van der Waals surface area contributed by atoms with Gasteiger partial charge in [0.15, 0.2) is 11.8 Å². The van der Waals surface area contributed by atoms with Gasteiger partial charge in [0.1, 0.15) is 11.4 Å². The van der Waals surface area contributed by atoms with Crippen molar-refractivity contribution in [3.63, 3.8) is 0 Å². The molecule has 1 aromatic rings. The molecular weight excluding hydrogens is 329 g/mol. The first-order valence-corrected chi connectivity index (χ1v) is 7.66. The summed E-state index contributed by atoms with van der Waals surface area (Å²) in [4.78, 5) is 5.60. The Morgan fingerprint density at radius 3 is 2.55 bits per heavy atom. The van der Waals surface area contributed by atoms with E-state index in [4.69, 9.17) is 4.84 Å². The standard InChI is InChI=1S/C10H13F3N4O4S/c1-10(2)6(11)8(16-21-10)22(18,19)4-5-7(20-9(12)13)15-17(3)14-5/h6,9H,4H2,1-3H3. The third-order valence-corrected chi connectivity index (χ3v) is 4.36. The molecule has 22 heavy (non-hydrogen) atoms. The molecule has 0 fully saturated rings. The fraction of sp³-hybridized carbons (Fsp3) is 0.700. The van der Waals surface area contributed by atoms with Gasteiger partial charge < -0.3 is 9.57 Å². The molecule has 1 aliphatic heterocycles. The van der Waals surface area contributed by atoms with Crippen LogP contribution in [0.1, 0.15) is 19.5 Å². The van der Waals surface area contributed by atoms with Crippen LogP contribution in [0.5, 0.6) is 5.88 Å². The fourth-order valence-corrected chi connectivity index (χ4v) is 3.16. The van der Waals surface area contributed by atoms with E-state index in [1.54, 1.807) is 0 Å². The molecule has 0 aliphatic carbocycles. The Morgan fingerprint density at radius 1 is 1.41 bits per heavy atom. The molecule has 0 N–H and O–H groups in total. The van der Waals surface area contributed by atoms with E-state index in [1.165, 1.54) is 20.9 Å². The Bertz CT molecular complexity index is 701. The number of oxime groups is 1. The maximum Gasteiger partial charge on any atom is 0.388 e. The van der Waals surface area contributed by atoms with E-state index < -0.39 is 44.9 Å². The van der Waals surface area contributed by atoms with E-state index in [0.717, 1.165) is 4.80 Å². The monoisotopic (exact) mass is 342 g/mol. The van der Waals surface area contributed by atoms with Crippen molar-refractivity contribution in [3.05, 3.63) is 5.69 Å². The van der Waals surface area contributed by atoms with Gasteiger partial charge >= 0.3 is 6.61 Å². The van der Waals surface area contributed by atoms with Crippen molar-refractivity contribution < 1.29 is 31.2 Å². The first-order valence-electron chi connectivity index (χ1n) is 6.01. The van der Waals surface area contributed by atoms with Crippen molar-refractivity contribution >= 4 is 14.9 Å². The second-order valence-electron chi connectivity index (χ2n) is 5.07. The lowest BCUT2D eigenvalue weighted by Gasteiger charge is -2.17. The van der Waals surface area contributed by atoms with Crippen LogP contribution in [0.15, 0.2) is 5.16 Å². The molecule has 2 heterocycles. The summed E-state index contributed by atoms with van der Waals surface area (Å²) >= 11 is 0. The van der Waals surface area contributed by atoms with Gasteiger partial charge in [-0.15, -0.1) is 5.10 Å². The van der Waals surface area contributed by atoms with Crippen LogP contribution in [0.25, 0.3) is 0 Å². The molecule has 0 spiro atoms. The number of aromatic nitrogens is 3. The van der Waals surface area contributed by atoms with Gasteiger partial charge in [-0.25, -0.2) is 12.8 Å². The van der Waals surface area contributed by atoms with Crippen LogP contribution < -0.4 is 4.74 Å². The average molecular weight is 342 g/mol. The van der Waals surface area contributed by atoms with Crippen molar-refractivity contribution in [2.45, 2.75) is 38.0 Å². The van der Waals surface area contributed by atoms with Crippen LogP contribution in [-0.4, -0.2) is 46.8 Å². The molecular formula is C10H13F3N4O4S. The molecule has 2 rings (SSSR count). The lowest BCUT2D eigenvalue weighted by atomic mass is 10.1. The van der Waals surface area contributed by atoms with Crippen LogP contribution in [0.3, 0.4) is 0 Å². The summed E-state index contributed by atoms with van der Waals surface area (Å²) in [7, 11) is -2.97. The number of hydrogen-bond donors (Lipinski definition) is 0. The van der Waals surface area contributed by atoms with Crippen LogP contribution in [0.2, 0.25) is 0 Å². The number of sulfone groups is 1. The Balaban J connectivity index is 2.27. The van der Waals surface area contributed by atoms with E-state index in [2.05, 4.69) is 20.1 Å². The lowest BCUT2D eigenvalue weighted by Crippen LogP contribution is -2.37. The number of aryl methyl sites for hydroxylation is 1. The van der Waals surface area contributed by atoms with Gasteiger partial charge in [-0.05, 0) is 13.8 Å². The quantitative estimate of drug-likeness (QED) is 0.803. The average Bonchev–Trinajstić information content (AvgIpc) is 2.80. The van der Waals surface area contributed by atoms with E-state index in [1.807, 2.05) is 0 Å². The van der Waals surface area contributed by atoms with Crippen LogP contribution in [0.4, 0.5) is 13.2 Å². The molecule has 1 aliphatic rings. The van der Waals surface area contributed by atoms with Crippen molar-refractivity contribution in [2.75, 3.05) is 0 Å². The minimum absolute atomic E-state index is 0.373. The zero-order valence-corrected chi connectivity index (χ0v) is 12.6. The first kappa shape index (κ1) is 16.5. The van der Waals surface area contributed by atoms with E-state index in [9.17, 15) is 21.6 Å². The van der Waals surface area contributed by atoms with Gasteiger partial charge in [-0.1, -0.05) is 5.16 Å². The molecule has 12 heteroatoms. The molecule has 8 nitrogen and oxygen atoms in total. The van der Waals surface area contributed by atoms with Crippen molar-refractivity contribution in [1.29, 1.82) is 0 Å². The zero-order valence-electron chi connectivity index (χ0n) is 11.8. The molecule has 1 atom stereocenters. The number of halogens is 3. The SMILES string of the molecule is Cn1nc(CS(=O)(=O)C2=NOC(C)(C)C2F)c(OC(F)F)n1. The molecule has 124 valence electrons. The minimum atomic E-state index is -4.27. The largest absolute Gasteiger partial charge is 0.413 e. The molecule has 0 saturated heterocycles. The Kier molecular flexibility index (Phi) is 4.06. The highest BCUT2D eigenvalue weighted by Crippen LogP contribution is 2.30. The summed E-state index contributed by atoms with van der Waals surface area (Å²) in [5, 5.41) is 9.55. The lowest BCUT2D eigenvalue weighted by molar-refractivity contribution is -0.0536. The highest BCUT2D eigenvalue weighted by molar-refractivity contribution is 8.05. The summed E-state index contributed by atoms with van der Waals surface area (Å²) in [6, 6.07) is 0.